The minimum atomic E-state index is -0.473. The van der Waals surface area contributed by atoms with Gasteiger partial charge in [-0.25, -0.2) is 13.9 Å². The second kappa shape index (κ2) is 7.39. The van der Waals surface area contributed by atoms with E-state index in [1.165, 1.54) is 12.1 Å². The minimum Gasteiger partial charge on any atom is -0.331 e. The van der Waals surface area contributed by atoms with Gasteiger partial charge >= 0.3 is 6.03 Å². The van der Waals surface area contributed by atoms with Gasteiger partial charge in [0.05, 0.1) is 23.6 Å². The first-order valence-electron chi connectivity index (χ1n) is 8.40. The van der Waals surface area contributed by atoms with Crippen LogP contribution in [-0.2, 0) is 0 Å². The van der Waals surface area contributed by atoms with Gasteiger partial charge < -0.3 is 10.6 Å². The summed E-state index contributed by atoms with van der Waals surface area (Å²) in [4.78, 5) is 12.2. The van der Waals surface area contributed by atoms with Gasteiger partial charge in [0.15, 0.2) is 0 Å². The Labute approximate surface area is 151 Å². The highest BCUT2D eigenvalue weighted by Crippen LogP contribution is 2.22. The number of rotatable bonds is 4. The molecule has 1 aromatic heterocycles. The number of aromatic nitrogens is 2. The van der Waals surface area contributed by atoms with Crippen LogP contribution in [0, 0.1) is 19.7 Å². The maximum Gasteiger partial charge on any atom is 0.319 e. The van der Waals surface area contributed by atoms with Crippen molar-refractivity contribution in [2.45, 2.75) is 26.8 Å². The molecule has 3 rings (SSSR count). The average Bonchev–Trinajstić information content (AvgIpc) is 2.99. The van der Waals surface area contributed by atoms with Crippen LogP contribution in [0.25, 0.3) is 5.69 Å². The smallest absolute Gasteiger partial charge is 0.319 e. The Morgan fingerprint density at radius 3 is 2.54 bits per heavy atom. The summed E-state index contributed by atoms with van der Waals surface area (Å²) in [5.41, 5.74) is 4.10. The Bertz CT molecular complexity index is 935. The number of anilines is 1. The van der Waals surface area contributed by atoms with Crippen molar-refractivity contribution in [2.75, 3.05) is 5.32 Å². The van der Waals surface area contributed by atoms with E-state index < -0.39 is 11.8 Å². The van der Waals surface area contributed by atoms with E-state index in [4.69, 9.17) is 0 Å². The Hall–Kier alpha value is -3.15. The fourth-order valence-electron chi connectivity index (χ4n) is 2.89. The normalized spacial score (nSPS) is 11.8. The van der Waals surface area contributed by atoms with Crippen LogP contribution in [0.3, 0.4) is 0 Å². The van der Waals surface area contributed by atoms with E-state index in [1.807, 2.05) is 49.7 Å². The molecule has 2 N–H and O–H groups in total. The summed E-state index contributed by atoms with van der Waals surface area (Å²) in [5.74, 6) is -0.473. The lowest BCUT2D eigenvalue weighted by Crippen LogP contribution is -2.31. The number of halogens is 1. The molecular weight excluding hydrogens is 331 g/mol. The second-order valence-electron chi connectivity index (χ2n) is 6.18. The van der Waals surface area contributed by atoms with Crippen LogP contribution in [0.15, 0.2) is 54.7 Å². The molecular formula is C20H21FN4O. The number of carbonyl (C=O) groups is 1. The van der Waals surface area contributed by atoms with Crippen molar-refractivity contribution in [3.05, 3.63) is 77.4 Å². The predicted octanol–water partition coefficient (Wildman–Crippen LogP) is 4.51. The van der Waals surface area contributed by atoms with Crippen molar-refractivity contribution in [1.29, 1.82) is 0 Å². The Balaban J connectivity index is 1.75. The summed E-state index contributed by atoms with van der Waals surface area (Å²) >= 11 is 0. The SMILES string of the molecule is Cc1ccccc1-n1ncc([C@@H](C)NC(=O)Nc2ccccc2F)c1C. The highest BCUT2D eigenvalue weighted by molar-refractivity contribution is 5.89. The summed E-state index contributed by atoms with van der Waals surface area (Å²) in [6, 6.07) is 13.3. The fourth-order valence-corrected chi connectivity index (χ4v) is 2.89. The highest BCUT2D eigenvalue weighted by atomic mass is 19.1. The van der Waals surface area contributed by atoms with E-state index in [9.17, 15) is 9.18 Å². The topological polar surface area (TPSA) is 59.0 Å². The van der Waals surface area contributed by atoms with Crippen LogP contribution >= 0.6 is 0 Å². The van der Waals surface area contributed by atoms with Gasteiger partial charge in [0.25, 0.3) is 0 Å². The number of aryl methyl sites for hydroxylation is 1. The van der Waals surface area contributed by atoms with Gasteiger partial charge in [0.2, 0.25) is 0 Å². The number of nitrogens with zero attached hydrogens (tertiary/aromatic N) is 2. The number of carbonyl (C=O) groups excluding carboxylic acids is 1. The summed E-state index contributed by atoms with van der Waals surface area (Å²) in [6.45, 7) is 5.86. The molecule has 5 nitrogen and oxygen atoms in total. The maximum atomic E-state index is 13.6. The van der Waals surface area contributed by atoms with E-state index in [0.29, 0.717) is 0 Å². The third-order valence-corrected chi connectivity index (χ3v) is 4.33. The zero-order chi connectivity index (χ0) is 18.7. The molecule has 0 fully saturated rings. The Kier molecular flexibility index (Phi) is 5.02. The molecule has 0 radical (unpaired) electrons. The molecule has 1 atom stereocenters. The number of amides is 2. The van der Waals surface area contributed by atoms with Crippen LogP contribution < -0.4 is 10.6 Å². The molecule has 0 aliphatic carbocycles. The third kappa shape index (κ3) is 3.59. The zero-order valence-corrected chi connectivity index (χ0v) is 15.0. The van der Waals surface area contributed by atoms with Gasteiger partial charge in [0, 0.05) is 11.3 Å². The number of para-hydroxylation sites is 2. The van der Waals surface area contributed by atoms with Gasteiger partial charge in [-0.05, 0) is 44.5 Å². The number of hydrogen-bond donors (Lipinski definition) is 2. The molecule has 0 aliphatic heterocycles. The van der Waals surface area contributed by atoms with E-state index in [-0.39, 0.29) is 11.7 Å². The minimum absolute atomic E-state index is 0.143. The molecule has 2 aromatic carbocycles. The lowest BCUT2D eigenvalue weighted by atomic mass is 10.1. The molecule has 0 saturated heterocycles. The average molecular weight is 352 g/mol. The molecule has 0 spiro atoms. The van der Waals surface area contributed by atoms with Gasteiger partial charge in [0.1, 0.15) is 5.82 Å². The molecule has 0 unspecified atom stereocenters. The molecule has 0 bridgehead atoms. The first-order valence-corrected chi connectivity index (χ1v) is 8.40. The third-order valence-electron chi connectivity index (χ3n) is 4.33. The fraction of sp³-hybridized carbons (Fsp3) is 0.200. The van der Waals surface area contributed by atoms with Crippen molar-refractivity contribution in [1.82, 2.24) is 15.1 Å². The molecule has 2 amide bonds. The van der Waals surface area contributed by atoms with Gasteiger partial charge in [-0.2, -0.15) is 5.10 Å². The van der Waals surface area contributed by atoms with E-state index >= 15 is 0 Å². The summed E-state index contributed by atoms with van der Waals surface area (Å²) in [7, 11) is 0. The van der Waals surface area contributed by atoms with E-state index in [0.717, 1.165) is 22.5 Å². The molecule has 0 aliphatic rings. The second-order valence-corrected chi connectivity index (χ2v) is 6.18. The summed E-state index contributed by atoms with van der Waals surface area (Å²) in [5, 5.41) is 9.81. The number of urea groups is 1. The first-order chi connectivity index (χ1) is 12.5. The molecule has 0 saturated carbocycles. The quantitative estimate of drug-likeness (QED) is 0.726. The molecule has 1 heterocycles. The van der Waals surface area contributed by atoms with Crippen molar-refractivity contribution >= 4 is 11.7 Å². The van der Waals surface area contributed by atoms with Crippen LogP contribution in [0.4, 0.5) is 14.9 Å². The zero-order valence-electron chi connectivity index (χ0n) is 15.0. The Morgan fingerprint density at radius 2 is 1.81 bits per heavy atom. The van der Waals surface area contributed by atoms with Crippen molar-refractivity contribution < 1.29 is 9.18 Å². The predicted molar refractivity (Wildman–Crippen MR) is 100 cm³/mol. The van der Waals surface area contributed by atoms with Crippen molar-refractivity contribution in [2.24, 2.45) is 0 Å². The first kappa shape index (κ1) is 17.7. The van der Waals surface area contributed by atoms with Crippen LogP contribution in [0.5, 0.6) is 0 Å². The highest BCUT2D eigenvalue weighted by Gasteiger charge is 2.17. The molecule has 3 aromatic rings. The van der Waals surface area contributed by atoms with Crippen molar-refractivity contribution in [3.8, 4) is 5.69 Å². The Morgan fingerprint density at radius 1 is 1.12 bits per heavy atom. The standard InChI is InChI=1S/C20H21FN4O/c1-13-8-4-7-11-19(13)25-15(3)16(12-22-25)14(2)23-20(26)24-18-10-6-5-9-17(18)21/h4-12,14H,1-3H3,(H2,23,24,26)/t14-/m1/s1. The van der Waals surface area contributed by atoms with E-state index in [1.54, 1.807) is 18.3 Å². The maximum absolute atomic E-state index is 13.6. The van der Waals surface area contributed by atoms with Crippen LogP contribution in [-0.4, -0.2) is 15.8 Å². The van der Waals surface area contributed by atoms with Gasteiger partial charge in [-0.3, -0.25) is 0 Å². The summed E-state index contributed by atoms with van der Waals surface area (Å²) < 4.78 is 15.5. The lowest BCUT2D eigenvalue weighted by molar-refractivity contribution is 0.249. The number of benzene rings is 2. The van der Waals surface area contributed by atoms with Crippen LogP contribution in [0.1, 0.15) is 29.8 Å². The van der Waals surface area contributed by atoms with Gasteiger partial charge in [-0.1, -0.05) is 30.3 Å². The molecule has 134 valence electrons. The van der Waals surface area contributed by atoms with Crippen LogP contribution in [0.2, 0.25) is 0 Å². The largest absolute Gasteiger partial charge is 0.331 e. The lowest BCUT2D eigenvalue weighted by Gasteiger charge is -2.15. The number of nitrogens with one attached hydrogen (secondary N) is 2. The monoisotopic (exact) mass is 352 g/mol. The van der Waals surface area contributed by atoms with Crippen molar-refractivity contribution in [3.63, 3.8) is 0 Å². The van der Waals surface area contributed by atoms with E-state index in [2.05, 4.69) is 15.7 Å². The van der Waals surface area contributed by atoms with Gasteiger partial charge in [-0.15, -0.1) is 0 Å². The molecule has 26 heavy (non-hydrogen) atoms. The molecule has 6 heteroatoms. The number of hydrogen-bond acceptors (Lipinski definition) is 2. The summed E-state index contributed by atoms with van der Waals surface area (Å²) in [6.07, 6.45) is 1.75.